The molecule has 0 aliphatic heterocycles. The fraction of sp³-hybridized carbons (Fsp3) is 0.190. The van der Waals surface area contributed by atoms with Crippen molar-refractivity contribution in [2.75, 3.05) is 13.1 Å². The molecule has 7 heteroatoms. The van der Waals surface area contributed by atoms with E-state index in [2.05, 4.69) is 10.0 Å². The number of rotatable bonds is 6. The van der Waals surface area contributed by atoms with Crippen LogP contribution in [0.25, 0.3) is 10.8 Å². The molecule has 0 bridgehead atoms. The summed E-state index contributed by atoms with van der Waals surface area (Å²) < 4.78 is 27.4. The lowest BCUT2D eigenvalue weighted by atomic mass is 10.1. The number of amides is 1. The zero-order chi connectivity index (χ0) is 20.3. The molecule has 28 heavy (non-hydrogen) atoms. The van der Waals surface area contributed by atoms with E-state index in [9.17, 15) is 18.3 Å². The summed E-state index contributed by atoms with van der Waals surface area (Å²) in [7, 11) is -3.66. The first-order valence-corrected chi connectivity index (χ1v) is 10.3. The summed E-state index contributed by atoms with van der Waals surface area (Å²) in [6, 6.07) is 15.8. The van der Waals surface area contributed by atoms with Gasteiger partial charge in [0.1, 0.15) is 5.75 Å². The number of benzene rings is 3. The summed E-state index contributed by atoms with van der Waals surface area (Å²) >= 11 is 0. The Morgan fingerprint density at radius 3 is 2.36 bits per heavy atom. The van der Waals surface area contributed by atoms with E-state index < -0.39 is 15.9 Å². The molecule has 0 unspecified atom stereocenters. The van der Waals surface area contributed by atoms with Crippen LogP contribution in [0.1, 0.15) is 21.5 Å². The molecule has 6 nitrogen and oxygen atoms in total. The quantitative estimate of drug-likeness (QED) is 0.557. The predicted octanol–water partition coefficient (Wildman–Crippen LogP) is 2.87. The molecule has 0 atom stereocenters. The number of phenols is 1. The van der Waals surface area contributed by atoms with Crippen LogP contribution in [-0.2, 0) is 10.0 Å². The highest BCUT2D eigenvalue weighted by Gasteiger charge is 2.17. The van der Waals surface area contributed by atoms with Crippen LogP contribution in [-0.4, -0.2) is 32.5 Å². The molecule has 0 aliphatic carbocycles. The number of carbonyl (C=O) groups excluding carboxylic acids is 1. The Morgan fingerprint density at radius 2 is 1.64 bits per heavy atom. The van der Waals surface area contributed by atoms with Crippen molar-refractivity contribution in [3.05, 3.63) is 71.3 Å². The summed E-state index contributed by atoms with van der Waals surface area (Å²) in [6.45, 7) is 3.69. The van der Waals surface area contributed by atoms with E-state index in [1.54, 1.807) is 25.1 Å². The summed E-state index contributed by atoms with van der Waals surface area (Å²) in [6.07, 6.45) is 0. The van der Waals surface area contributed by atoms with Crippen molar-refractivity contribution < 1.29 is 18.3 Å². The highest BCUT2D eigenvalue weighted by molar-refractivity contribution is 7.89. The van der Waals surface area contributed by atoms with Crippen LogP contribution in [0, 0.1) is 13.8 Å². The molecule has 0 spiro atoms. The largest absolute Gasteiger partial charge is 0.507 e. The fourth-order valence-corrected chi connectivity index (χ4v) is 4.30. The van der Waals surface area contributed by atoms with Crippen LogP contribution in [0.3, 0.4) is 0 Å². The van der Waals surface area contributed by atoms with Gasteiger partial charge in [0.15, 0.2) is 0 Å². The van der Waals surface area contributed by atoms with E-state index in [1.165, 1.54) is 6.07 Å². The average molecular weight is 398 g/mol. The van der Waals surface area contributed by atoms with Crippen molar-refractivity contribution in [2.45, 2.75) is 18.7 Å². The molecule has 0 fully saturated rings. The summed E-state index contributed by atoms with van der Waals surface area (Å²) in [4.78, 5) is 12.6. The van der Waals surface area contributed by atoms with Gasteiger partial charge in [-0.3, -0.25) is 4.79 Å². The van der Waals surface area contributed by atoms with Gasteiger partial charge in [0.25, 0.3) is 5.91 Å². The van der Waals surface area contributed by atoms with Gasteiger partial charge in [0.2, 0.25) is 10.0 Å². The van der Waals surface area contributed by atoms with E-state index in [4.69, 9.17) is 0 Å². The lowest BCUT2D eigenvalue weighted by Crippen LogP contribution is -2.35. The number of carbonyl (C=O) groups is 1. The molecule has 0 aromatic heterocycles. The second kappa shape index (κ2) is 8.00. The SMILES string of the molecule is Cc1ccc(C)c(S(=O)(=O)NCCNC(=O)c2cc3ccccc3cc2O)c1. The minimum Gasteiger partial charge on any atom is -0.507 e. The van der Waals surface area contributed by atoms with Gasteiger partial charge in [0.05, 0.1) is 10.5 Å². The third-order valence-electron chi connectivity index (χ3n) is 4.44. The molecule has 3 N–H and O–H groups in total. The Bertz CT molecular complexity index is 1140. The van der Waals surface area contributed by atoms with Gasteiger partial charge in [-0.15, -0.1) is 0 Å². The maximum Gasteiger partial charge on any atom is 0.255 e. The molecule has 146 valence electrons. The monoisotopic (exact) mass is 398 g/mol. The van der Waals surface area contributed by atoms with Crippen molar-refractivity contribution >= 4 is 26.7 Å². The highest BCUT2D eigenvalue weighted by Crippen LogP contribution is 2.24. The average Bonchev–Trinajstić information content (AvgIpc) is 2.66. The van der Waals surface area contributed by atoms with Crippen LogP contribution in [0.2, 0.25) is 0 Å². The fourth-order valence-electron chi connectivity index (χ4n) is 2.94. The molecule has 1 amide bonds. The number of sulfonamides is 1. The highest BCUT2D eigenvalue weighted by atomic mass is 32.2. The Kier molecular flexibility index (Phi) is 5.67. The minimum absolute atomic E-state index is 0.0375. The molecule has 3 aromatic carbocycles. The first kappa shape index (κ1) is 19.9. The van der Waals surface area contributed by atoms with Crippen molar-refractivity contribution in [2.24, 2.45) is 0 Å². The Hall–Kier alpha value is -2.90. The van der Waals surface area contributed by atoms with Gasteiger partial charge in [-0.1, -0.05) is 36.4 Å². The van der Waals surface area contributed by atoms with Crippen LogP contribution in [0.15, 0.2) is 59.5 Å². The lowest BCUT2D eigenvalue weighted by Gasteiger charge is -2.11. The van der Waals surface area contributed by atoms with Gasteiger partial charge in [-0.05, 0) is 53.9 Å². The van der Waals surface area contributed by atoms with Crippen LogP contribution in [0.4, 0.5) is 0 Å². The number of hydrogen-bond acceptors (Lipinski definition) is 4. The zero-order valence-corrected chi connectivity index (χ0v) is 16.5. The van der Waals surface area contributed by atoms with Crippen LogP contribution >= 0.6 is 0 Å². The minimum atomic E-state index is -3.66. The predicted molar refractivity (Wildman–Crippen MR) is 109 cm³/mol. The van der Waals surface area contributed by atoms with Gasteiger partial charge in [-0.25, -0.2) is 13.1 Å². The molecule has 3 aromatic rings. The molecular formula is C21H22N2O4S. The van der Waals surface area contributed by atoms with Gasteiger partial charge < -0.3 is 10.4 Å². The van der Waals surface area contributed by atoms with Crippen LogP contribution in [0.5, 0.6) is 5.75 Å². The zero-order valence-electron chi connectivity index (χ0n) is 15.7. The van der Waals surface area contributed by atoms with E-state index in [0.717, 1.165) is 16.3 Å². The smallest absolute Gasteiger partial charge is 0.255 e. The van der Waals surface area contributed by atoms with E-state index >= 15 is 0 Å². The Labute approximate surface area is 164 Å². The van der Waals surface area contributed by atoms with Crippen molar-refractivity contribution in [1.82, 2.24) is 10.0 Å². The van der Waals surface area contributed by atoms with Gasteiger partial charge in [-0.2, -0.15) is 0 Å². The number of aromatic hydroxyl groups is 1. The molecule has 3 rings (SSSR count). The Morgan fingerprint density at radius 1 is 0.964 bits per heavy atom. The number of hydrogen-bond donors (Lipinski definition) is 3. The van der Waals surface area contributed by atoms with E-state index in [0.29, 0.717) is 5.56 Å². The summed E-state index contributed by atoms with van der Waals surface area (Å²) in [5.41, 5.74) is 1.66. The van der Waals surface area contributed by atoms with Crippen molar-refractivity contribution in [1.29, 1.82) is 0 Å². The number of aryl methyl sites for hydroxylation is 2. The van der Waals surface area contributed by atoms with Crippen molar-refractivity contribution in [3.8, 4) is 5.75 Å². The molecule has 0 aliphatic rings. The number of fused-ring (bicyclic) bond motifs is 1. The first-order chi connectivity index (χ1) is 13.3. The maximum absolute atomic E-state index is 12.5. The molecule has 0 saturated heterocycles. The summed E-state index contributed by atoms with van der Waals surface area (Å²) in [5, 5.41) is 14.4. The van der Waals surface area contributed by atoms with Gasteiger partial charge in [0, 0.05) is 13.1 Å². The number of phenolic OH excluding ortho intramolecular Hbond substituents is 1. The lowest BCUT2D eigenvalue weighted by molar-refractivity contribution is 0.0952. The topological polar surface area (TPSA) is 95.5 Å². The van der Waals surface area contributed by atoms with E-state index in [1.807, 2.05) is 37.3 Å². The van der Waals surface area contributed by atoms with E-state index in [-0.39, 0.29) is 29.3 Å². The molecular weight excluding hydrogens is 376 g/mol. The second-order valence-corrected chi connectivity index (χ2v) is 8.37. The molecule has 0 saturated carbocycles. The normalized spacial score (nSPS) is 11.5. The van der Waals surface area contributed by atoms with Crippen molar-refractivity contribution in [3.63, 3.8) is 0 Å². The first-order valence-electron chi connectivity index (χ1n) is 8.85. The second-order valence-electron chi connectivity index (χ2n) is 6.64. The van der Waals surface area contributed by atoms with Crippen LogP contribution < -0.4 is 10.0 Å². The maximum atomic E-state index is 12.5. The summed E-state index contributed by atoms with van der Waals surface area (Å²) in [5.74, 6) is -0.582. The Balaban J connectivity index is 1.63. The molecule has 0 radical (unpaired) electrons. The number of nitrogens with one attached hydrogen (secondary N) is 2. The standard InChI is InChI=1S/C21H22N2O4S/c1-14-7-8-15(2)20(11-14)28(26,27)23-10-9-22-21(25)18-12-16-5-3-4-6-17(16)13-19(18)24/h3-8,11-13,23-24H,9-10H2,1-2H3,(H,22,25). The third-order valence-corrected chi connectivity index (χ3v) is 6.05. The molecule has 0 heterocycles. The van der Waals surface area contributed by atoms with Gasteiger partial charge >= 0.3 is 0 Å². The third kappa shape index (κ3) is 4.32.